The van der Waals surface area contributed by atoms with Crippen molar-refractivity contribution in [2.75, 3.05) is 5.32 Å². The van der Waals surface area contributed by atoms with Crippen molar-refractivity contribution in [1.29, 1.82) is 0 Å². The van der Waals surface area contributed by atoms with E-state index < -0.39 is 29.2 Å². The van der Waals surface area contributed by atoms with Crippen LogP contribution in [0.5, 0.6) is 0 Å². The summed E-state index contributed by atoms with van der Waals surface area (Å²) in [5.41, 5.74) is -1.80. The van der Waals surface area contributed by atoms with Gasteiger partial charge in [0, 0.05) is 12.1 Å². The predicted octanol–water partition coefficient (Wildman–Crippen LogP) is 3.53. The molecule has 0 spiro atoms. The Kier molecular flexibility index (Phi) is 5.12. The van der Waals surface area contributed by atoms with Gasteiger partial charge in [0.1, 0.15) is 0 Å². The minimum absolute atomic E-state index is 0.168. The van der Waals surface area contributed by atoms with E-state index in [1.54, 1.807) is 0 Å². The number of carboxylic acid groups (broad SMARTS) is 1. The predicted molar refractivity (Wildman–Crippen MR) is 66.6 cm³/mol. The Balaban J connectivity index is 3.04. The fourth-order valence-electron chi connectivity index (χ4n) is 1.55. The lowest BCUT2D eigenvalue weighted by atomic mass is 10.1. The molecule has 1 aromatic carbocycles. The number of carbonyl (C=O) groups is 2. The molecule has 4 nitrogen and oxygen atoms in total. The average molecular weight is 289 g/mol. The van der Waals surface area contributed by atoms with E-state index in [9.17, 15) is 22.8 Å². The summed E-state index contributed by atoms with van der Waals surface area (Å²) < 4.78 is 37.9. The van der Waals surface area contributed by atoms with E-state index in [0.717, 1.165) is 18.6 Å². The molecule has 1 amide bonds. The van der Waals surface area contributed by atoms with Crippen molar-refractivity contribution < 1.29 is 27.9 Å². The van der Waals surface area contributed by atoms with Crippen LogP contribution in [0.2, 0.25) is 0 Å². The maximum atomic E-state index is 12.6. The molecule has 0 saturated carbocycles. The molecular weight excluding hydrogens is 275 g/mol. The van der Waals surface area contributed by atoms with E-state index in [1.165, 1.54) is 0 Å². The first-order valence-electron chi connectivity index (χ1n) is 5.99. The molecule has 0 aliphatic carbocycles. The van der Waals surface area contributed by atoms with Gasteiger partial charge in [0.05, 0.1) is 11.1 Å². The third-order valence-corrected chi connectivity index (χ3v) is 2.55. The van der Waals surface area contributed by atoms with Crippen LogP contribution in [-0.4, -0.2) is 17.0 Å². The van der Waals surface area contributed by atoms with Crippen LogP contribution in [-0.2, 0) is 11.0 Å². The summed E-state index contributed by atoms with van der Waals surface area (Å²) in [5, 5.41) is 11.1. The smallest absolute Gasteiger partial charge is 0.416 e. The molecular formula is C13H14F3NO3. The van der Waals surface area contributed by atoms with E-state index >= 15 is 0 Å². The molecule has 0 unspecified atom stereocenters. The van der Waals surface area contributed by atoms with Gasteiger partial charge in [-0.3, -0.25) is 4.79 Å². The molecule has 2 N–H and O–H groups in total. The van der Waals surface area contributed by atoms with E-state index in [-0.39, 0.29) is 12.1 Å². The Hall–Kier alpha value is -2.05. The quantitative estimate of drug-likeness (QED) is 0.871. The van der Waals surface area contributed by atoms with Crippen molar-refractivity contribution in [3.63, 3.8) is 0 Å². The maximum Gasteiger partial charge on any atom is 0.416 e. The molecule has 0 saturated heterocycles. The van der Waals surface area contributed by atoms with Gasteiger partial charge in [0.2, 0.25) is 5.91 Å². The number of halogens is 3. The normalized spacial score (nSPS) is 11.2. The largest absolute Gasteiger partial charge is 0.478 e. The van der Waals surface area contributed by atoms with Gasteiger partial charge in [-0.25, -0.2) is 4.79 Å². The summed E-state index contributed by atoms with van der Waals surface area (Å²) in [7, 11) is 0. The second-order valence-corrected chi connectivity index (χ2v) is 4.25. The molecule has 0 atom stereocenters. The van der Waals surface area contributed by atoms with Crippen LogP contribution >= 0.6 is 0 Å². The lowest BCUT2D eigenvalue weighted by molar-refractivity contribution is -0.137. The number of amides is 1. The number of alkyl halides is 3. The van der Waals surface area contributed by atoms with Gasteiger partial charge in [-0.2, -0.15) is 13.2 Å². The number of rotatable bonds is 5. The number of carboxylic acids is 1. The SMILES string of the molecule is CCCCC(=O)Nc1cc(C(=O)O)cc(C(F)(F)F)c1. The second-order valence-electron chi connectivity index (χ2n) is 4.25. The molecule has 0 fully saturated rings. The van der Waals surface area contributed by atoms with Crippen molar-refractivity contribution in [3.05, 3.63) is 29.3 Å². The number of carbonyl (C=O) groups excluding carboxylic acids is 1. The second kappa shape index (κ2) is 6.40. The highest BCUT2D eigenvalue weighted by Crippen LogP contribution is 2.32. The van der Waals surface area contributed by atoms with Gasteiger partial charge in [-0.15, -0.1) is 0 Å². The van der Waals surface area contributed by atoms with Crippen LogP contribution in [0.15, 0.2) is 18.2 Å². The molecule has 0 bridgehead atoms. The van der Waals surface area contributed by atoms with Gasteiger partial charge in [0.25, 0.3) is 0 Å². The molecule has 0 aliphatic rings. The third-order valence-electron chi connectivity index (χ3n) is 2.55. The minimum atomic E-state index is -4.67. The summed E-state index contributed by atoms with van der Waals surface area (Å²) in [5.74, 6) is -1.93. The molecule has 1 aromatic rings. The number of benzene rings is 1. The van der Waals surface area contributed by atoms with Crippen molar-refractivity contribution >= 4 is 17.6 Å². The van der Waals surface area contributed by atoms with E-state index in [1.807, 2.05) is 6.92 Å². The first kappa shape index (κ1) is 16.0. The molecule has 110 valence electrons. The molecule has 20 heavy (non-hydrogen) atoms. The maximum absolute atomic E-state index is 12.6. The van der Waals surface area contributed by atoms with E-state index in [0.29, 0.717) is 12.5 Å². The van der Waals surface area contributed by atoms with Crippen molar-refractivity contribution in [1.82, 2.24) is 0 Å². The first-order valence-corrected chi connectivity index (χ1v) is 5.99. The van der Waals surface area contributed by atoms with Crippen LogP contribution in [0, 0.1) is 0 Å². The van der Waals surface area contributed by atoms with Gasteiger partial charge in [-0.05, 0) is 24.6 Å². The van der Waals surface area contributed by atoms with E-state index in [2.05, 4.69) is 5.32 Å². The van der Waals surface area contributed by atoms with Crippen molar-refractivity contribution in [2.45, 2.75) is 32.4 Å². The highest BCUT2D eigenvalue weighted by Gasteiger charge is 2.32. The summed E-state index contributed by atoms with van der Waals surface area (Å²) in [4.78, 5) is 22.3. The Morgan fingerprint density at radius 3 is 2.40 bits per heavy atom. The van der Waals surface area contributed by atoms with E-state index in [4.69, 9.17) is 5.11 Å². The fraction of sp³-hybridized carbons (Fsp3) is 0.385. The Bertz CT molecular complexity index is 512. The minimum Gasteiger partial charge on any atom is -0.478 e. The zero-order chi connectivity index (χ0) is 15.3. The zero-order valence-electron chi connectivity index (χ0n) is 10.8. The third kappa shape index (κ3) is 4.56. The lowest BCUT2D eigenvalue weighted by Crippen LogP contribution is -2.14. The standard InChI is InChI=1S/C13H14F3NO3/c1-2-3-4-11(18)17-10-6-8(12(19)20)5-9(7-10)13(14,15)16/h5-7H,2-4H2,1H3,(H,17,18)(H,19,20). The fourth-order valence-corrected chi connectivity index (χ4v) is 1.55. The molecule has 0 aromatic heterocycles. The van der Waals surface area contributed by atoms with Crippen LogP contribution in [0.25, 0.3) is 0 Å². The molecule has 1 rings (SSSR count). The Morgan fingerprint density at radius 1 is 1.25 bits per heavy atom. The van der Waals surface area contributed by atoms with Gasteiger partial charge < -0.3 is 10.4 Å². The van der Waals surface area contributed by atoms with Crippen molar-refractivity contribution in [3.8, 4) is 0 Å². The average Bonchev–Trinajstić information content (AvgIpc) is 2.34. The van der Waals surface area contributed by atoms with Crippen LogP contribution in [0.1, 0.15) is 42.1 Å². The zero-order valence-corrected chi connectivity index (χ0v) is 10.8. The molecule has 0 heterocycles. The number of aromatic carboxylic acids is 1. The number of hydrogen-bond acceptors (Lipinski definition) is 2. The monoisotopic (exact) mass is 289 g/mol. The van der Waals surface area contributed by atoms with Crippen LogP contribution < -0.4 is 5.32 Å². The summed E-state index contributed by atoms with van der Waals surface area (Å²) in [6.07, 6.45) is -3.11. The number of nitrogens with one attached hydrogen (secondary N) is 1. The summed E-state index contributed by atoms with van der Waals surface area (Å²) >= 11 is 0. The number of anilines is 1. The molecule has 0 aliphatic heterocycles. The highest BCUT2D eigenvalue weighted by molar-refractivity contribution is 5.94. The Morgan fingerprint density at radius 2 is 1.90 bits per heavy atom. The topological polar surface area (TPSA) is 66.4 Å². The molecule has 0 radical (unpaired) electrons. The lowest BCUT2D eigenvalue weighted by Gasteiger charge is -2.11. The van der Waals surface area contributed by atoms with Crippen molar-refractivity contribution in [2.24, 2.45) is 0 Å². The van der Waals surface area contributed by atoms with Gasteiger partial charge >= 0.3 is 12.1 Å². The Labute approximate surface area is 113 Å². The van der Waals surface area contributed by atoms with Gasteiger partial charge in [-0.1, -0.05) is 13.3 Å². The van der Waals surface area contributed by atoms with Crippen LogP contribution in [0.3, 0.4) is 0 Å². The first-order chi connectivity index (χ1) is 9.24. The van der Waals surface area contributed by atoms with Crippen LogP contribution in [0.4, 0.5) is 18.9 Å². The number of hydrogen-bond donors (Lipinski definition) is 2. The number of unbranched alkanes of at least 4 members (excludes halogenated alkanes) is 1. The summed E-state index contributed by atoms with van der Waals surface area (Å²) in [6.45, 7) is 1.88. The highest BCUT2D eigenvalue weighted by atomic mass is 19.4. The van der Waals surface area contributed by atoms with Gasteiger partial charge in [0.15, 0.2) is 0 Å². The summed E-state index contributed by atoms with van der Waals surface area (Å²) in [6, 6.07) is 2.25. The molecule has 7 heteroatoms.